The van der Waals surface area contributed by atoms with Crippen LogP contribution in [0.4, 0.5) is 0 Å². The van der Waals surface area contributed by atoms with Gasteiger partial charge in [-0.1, -0.05) is 34.1 Å². The molecule has 120 valence electrons. The number of hydrogen-bond acceptors (Lipinski definition) is 4. The molecule has 0 fully saturated rings. The maximum atomic E-state index is 12.1. The SMILES string of the molecule is CCCNC(C)(CCCCSC(C)(C)C)C(=O)OCC. The zero-order valence-corrected chi connectivity index (χ0v) is 15.0. The Morgan fingerprint density at radius 3 is 2.30 bits per heavy atom. The Morgan fingerprint density at radius 1 is 1.15 bits per heavy atom. The molecular formula is C16H33NO2S. The molecule has 0 bridgehead atoms. The second kappa shape index (κ2) is 9.67. The first-order valence-electron chi connectivity index (χ1n) is 7.81. The number of rotatable bonds is 10. The summed E-state index contributed by atoms with van der Waals surface area (Å²) in [7, 11) is 0. The van der Waals surface area contributed by atoms with E-state index in [9.17, 15) is 4.79 Å². The molecule has 0 aromatic carbocycles. The number of unbranched alkanes of at least 4 members (excludes halogenated alkanes) is 1. The number of thioether (sulfide) groups is 1. The highest BCUT2D eigenvalue weighted by Crippen LogP contribution is 2.25. The topological polar surface area (TPSA) is 38.3 Å². The Hall–Kier alpha value is -0.220. The van der Waals surface area contributed by atoms with Crippen molar-refractivity contribution in [1.82, 2.24) is 5.32 Å². The van der Waals surface area contributed by atoms with Crippen LogP contribution >= 0.6 is 11.8 Å². The second-order valence-electron chi connectivity index (χ2n) is 6.40. The molecule has 0 spiro atoms. The first-order valence-corrected chi connectivity index (χ1v) is 8.80. The molecule has 0 aromatic heterocycles. The van der Waals surface area contributed by atoms with Gasteiger partial charge in [0.05, 0.1) is 6.61 Å². The van der Waals surface area contributed by atoms with Gasteiger partial charge in [0.2, 0.25) is 0 Å². The van der Waals surface area contributed by atoms with Crippen molar-refractivity contribution < 1.29 is 9.53 Å². The molecule has 0 aromatic rings. The van der Waals surface area contributed by atoms with Gasteiger partial charge in [0.15, 0.2) is 0 Å². The summed E-state index contributed by atoms with van der Waals surface area (Å²) in [5.74, 6) is 1.04. The standard InChI is InChI=1S/C16H33NO2S/c1-7-12-17-16(6,14(18)19-8-2)11-9-10-13-20-15(3,4)5/h17H,7-13H2,1-6H3. The van der Waals surface area contributed by atoms with Crippen molar-refractivity contribution in [2.75, 3.05) is 18.9 Å². The van der Waals surface area contributed by atoms with Crippen LogP contribution in [0.2, 0.25) is 0 Å². The van der Waals surface area contributed by atoms with E-state index < -0.39 is 5.54 Å². The molecular weight excluding hydrogens is 270 g/mol. The van der Waals surface area contributed by atoms with Gasteiger partial charge >= 0.3 is 5.97 Å². The molecule has 0 aliphatic rings. The van der Waals surface area contributed by atoms with Gasteiger partial charge in [-0.25, -0.2) is 0 Å². The molecule has 0 saturated carbocycles. The van der Waals surface area contributed by atoms with Gasteiger partial charge in [-0.05, 0) is 45.4 Å². The zero-order valence-electron chi connectivity index (χ0n) is 14.2. The zero-order chi connectivity index (χ0) is 15.6. The van der Waals surface area contributed by atoms with E-state index in [0.717, 1.165) is 38.0 Å². The van der Waals surface area contributed by atoms with E-state index in [2.05, 4.69) is 33.0 Å². The van der Waals surface area contributed by atoms with Crippen molar-refractivity contribution in [1.29, 1.82) is 0 Å². The molecule has 4 heteroatoms. The molecule has 0 heterocycles. The summed E-state index contributed by atoms with van der Waals surface area (Å²) in [4.78, 5) is 12.1. The third kappa shape index (κ3) is 8.85. The predicted molar refractivity (Wildman–Crippen MR) is 89.4 cm³/mol. The molecule has 0 radical (unpaired) electrons. The van der Waals surface area contributed by atoms with Crippen LogP contribution in [0.3, 0.4) is 0 Å². The molecule has 0 rings (SSSR count). The minimum absolute atomic E-state index is 0.114. The molecule has 0 amide bonds. The third-order valence-corrected chi connectivity index (χ3v) is 4.46. The molecule has 1 atom stereocenters. The van der Waals surface area contributed by atoms with Crippen LogP contribution in [0.1, 0.15) is 67.2 Å². The van der Waals surface area contributed by atoms with E-state index in [1.54, 1.807) is 0 Å². The van der Waals surface area contributed by atoms with Crippen molar-refractivity contribution in [3.05, 3.63) is 0 Å². The van der Waals surface area contributed by atoms with E-state index in [-0.39, 0.29) is 5.97 Å². The summed E-state index contributed by atoms with van der Waals surface area (Å²) in [5, 5.41) is 3.36. The van der Waals surface area contributed by atoms with E-state index in [4.69, 9.17) is 4.74 Å². The van der Waals surface area contributed by atoms with Crippen LogP contribution in [0, 0.1) is 0 Å². The van der Waals surface area contributed by atoms with E-state index in [1.165, 1.54) is 0 Å². The highest BCUT2D eigenvalue weighted by Gasteiger charge is 2.33. The van der Waals surface area contributed by atoms with Crippen molar-refractivity contribution in [3.8, 4) is 0 Å². The van der Waals surface area contributed by atoms with Crippen LogP contribution in [-0.2, 0) is 9.53 Å². The molecule has 1 N–H and O–H groups in total. The van der Waals surface area contributed by atoms with Crippen LogP contribution < -0.4 is 5.32 Å². The van der Waals surface area contributed by atoms with E-state index >= 15 is 0 Å². The summed E-state index contributed by atoms with van der Waals surface area (Å²) in [5.41, 5.74) is -0.529. The van der Waals surface area contributed by atoms with Gasteiger partial charge in [-0.3, -0.25) is 4.79 Å². The highest BCUT2D eigenvalue weighted by atomic mass is 32.2. The summed E-state index contributed by atoms with van der Waals surface area (Å²) in [6.07, 6.45) is 4.06. The van der Waals surface area contributed by atoms with E-state index in [1.807, 2.05) is 25.6 Å². The van der Waals surface area contributed by atoms with Crippen molar-refractivity contribution in [2.24, 2.45) is 0 Å². The monoisotopic (exact) mass is 303 g/mol. The van der Waals surface area contributed by atoms with Crippen LogP contribution in [0.5, 0.6) is 0 Å². The average Bonchev–Trinajstić information content (AvgIpc) is 2.35. The van der Waals surface area contributed by atoms with Crippen molar-refractivity contribution in [3.63, 3.8) is 0 Å². The predicted octanol–water partition coefficient (Wildman–Crippen LogP) is 4.01. The molecule has 20 heavy (non-hydrogen) atoms. The molecule has 0 aliphatic carbocycles. The van der Waals surface area contributed by atoms with Crippen molar-refractivity contribution in [2.45, 2.75) is 77.5 Å². The fraction of sp³-hybridized carbons (Fsp3) is 0.938. The fourth-order valence-electron chi connectivity index (χ4n) is 1.91. The largest absolute Gasteiger partial charge is 0.465 e. The smallest absolute Gasteiger partial charge is 0.326 e. The van der Waals surface area contributed by atoms with Gasteiger partial charge in [0, 0.05) is 4.75 Å². The summed E-state index contributed by atoms with van der Waals surface area (Å²) >= 11 is 1.98. The Labute approximate surface area is 129 Å². The molecule has 0 aliphatic heterocycles. The van der Waals surface area contributed by atoms with Crippen LogP contribution in [-0.4, -0.2) is 35.2 Å². The second-order valence-corrected chi connectivity index (χ2v) is 8.32. The Kier molecular flexibility index (Phi) is 9.56. The summed E-state index contributed by atoms with van der Waals surface area (Å²) < 4.78 is 5.53. The lowest BCUT2D eigenvalue weighted by molar-refractivity contribution is -0.150. The Bertz CT molecular complexity index is 276. The lowest BCUT2D eigenvalue weighted by Gasteiger charge is -2.28. The molecule has 0 saturated heterocycles. The molecule has 1 unspecified atom stereocenters. The van der Waals surface area contributed by atoms with Gasteiger partial charge in [0.1, 0.15) is 5.54 Å². The molecule has 3 nitrogen and oxygen atoms in total. The number of nitrogens with one attached hydrogen (secondary N) is 1. The number of hydrogen-bond donors (Lipinski definition) is 1. The van der Waals surface area contributed by atoms with Gasteiger partial charge in [-0.15, -0.1) is 0 Å². The highest BCUT2D eigenvalue weighted by molar-refractivity contribution is 8.00. The van der Waals surface area contributed by atoms with E-state index in [0.29, 0.717) is 11.4 Å². The Morgan fingerprint density at radius 2 is 1.80 bits per heavy atom. The maximum absolute atomic E-state index is 12.1. The number of esters is 1. The minimum Gasteiger partial charge on any atom is -0.465 e. The van der Waals surface area contributed by atoms with Gasteiger partial charge in [-0.2, -0.15) is 11.8 Å². The maximum Gasteiger partial charge on any atom is 0.326 e. The van der Waals surface area contributed by atoms with Crippen LogP contribution in [0.15, 0.2) is 0 Å². The lowest BCUT2D eigenvalue weighted by atomic mass is 9.95. The summed E-state index contributed by atoms with van der Waals surface area (Å²) in [6.45, 7) is 14.0. The first-order chi connectivity index (χ1) is 9.25. The minimum atomic E-state index is -0.529. The van der Waals surface area contributed by atoms with Gasteiger partial charge < -0.3 is 10.1 Å². The number of ether oxygens (including phenoxy) is 1. The quantitative estimate of drug-likeness (QED) is 0.489. The summed E-state index contributed by atoms with van der Waals surface area (Å²) in [6, 6.07) is 0. The van der Waals surface area contributed by atoms with Crippen molar-refractivity contribution >= 4 is 17.7 Å². The van der Waals surface area contributed by atoms with Crippen LogP contribution in [0.25, 0.3) is 0 Å². The average molecular weight is 304 g/mol. The number of carbonyl (C=O) groups is 1. The third-order valence-electron chi connectivity index (χ3n) is 3.10. The normalized spacial score (nSPS) is 14.9. The first kappa shape index (κ1) is 19.8. The lowest BCUT2D eigenvalue weighted by Crippen LogP contribution is -2.50. The van der Waals surface area contributed by atoms with Gasteiger partial charge in [0.25, 0.3) is 0 Å². The Balaban J connectivity index is 4.19. The number of carbonyl (C=O) groups excluding carboxylic acids is 1. The fourth-order valence-corrected chi connectivity index (χ4v) is 2.87.